The summed E-state index contributed by atoms with van der Waals surface area (Å²) >= 11 is 0. The third-order valence-electron chi connectivity index (χ3n) is 2.66. The molecule has 0 bridgehead atoms. The first-order valence-corrected chi connectivity index (χ1v) is 6.14. The lowest BCUT2D eigenvalue weighted by Crippen LogP contribution is -2.28. The highest BCUT2D eigenvalue weighted by Gasteiger charge is 2.13. The van der Waals surface area contributed by atoms with Crippen LogP contribution in [0, 0.1) is 0 Å². The number of anilines is 1. The highest BCUT2D eigenvalue weighted by Crippen LogP contribution is 2.20. The lowest BCUT2D eigenvalue weighted by molar-refractivity contribution is -0.134. The van der Waals surface area contributed by atoms with Gasteiger partial charge in [0.25, 0.3) is 5.91 Å². The molecule has 0 fully saturated rings. The van der Waals surface area contributed by atoms with Gasteiger partial charge in [-0.05, 0) is 19.9 Å². The zero-order valence-electron chi connectivity index (χ0n) is 11.5. The zero-order valence-corrected chi connectivity index (χ0v) is 11.5. The predicted octanol–water partition coefficient (Wildman–Crippen LogP) is 1.75. The van der Waals surface area contributed by atoms with E-state index in [2.05, 4.69) is 0 Å². The van der Waals surface area contributed by atoms with Crippen molar-refractivity contribution < 1.29 is 19.1 Å². The molecule has 0 saturated carbocycles. The molecule has 1 atom stereocenters. The Hall–Kier alpha value is -1.72. The molecule has 0 spiro atoms. The van der Waals surface area contributed by atoms with Crippen molar-refractivity contribution in [3.05, 3.63) is 29.8 Å². The Morgan fingerprint density at radius 3 is 2.68 bits per heavy atom. The molecular formula is C14H19NO4. The highest BCUT2D eigenvalue weighted by molar-refractivity contribution is 6.30. The average Bonchev–Trinajstić information content (AvgIpc) is 2.44. The number of para-hydroxylation sites is 1. The summed E-state index contributed by atoms with van der Waals surface area (Å²) in [4.78, 5) is 23.2. The van der Waals surface area contributed by atoms with Crippen molar-refractivity contribution in [2.75, 3.05) is 18.6 Å². The van der Waals surface area contributed by atoms with E-state index < -0.39 is 5.91 Å². The summed E-state index contributed by atoms with van der Waals surface area (Å²) in [7, 11) is 1.56. The molecule has 1 rings (SSSR count). The molecule has 19 heavy (non-hydrogen) atoms. The van der Waals surface area contributed by atoms with Gasteiger partial charge in [0, 0.05) is 24.9 Å². The summed E-state index contributed by atoms with van der Waals surface area (Å²) in [6.07, 6.45) is -0.0226. The number of carbonyl (C=O) groups excluding carboxylic acids is 2. The smallest absolute Gasteiger partial charge is 0.290 e. The van der Waals surface area contributed by atoms with Crippen molar-refractivity contribution in [2.24, 2.45) is 0 Å². The van der Waals surface area contributed by atoms with Gasteiger partial charge in [-0.1, -0.05) is 18.2 Å². The minimum absolute atomic E-state index is 0.292. The second-order valence-electron chi connectivity index (χ2n) is 3.98. The van der Waals surface area contributed by atoms with Crippen LogP contribution in [-0.2, 0) is 25.7 Å². The number of ether oxygens (including phenoxy) is 2. The van der Waals surface area contributed by atoms with E-state index in [0.717, 1.165) is 5.56 Å². The van der Waals surface area contributed by atoms with Gasteiger partial charge in [-0.2, -0.15) is 0 Å². The molecule has 5 nitrogen and oxygen atoms in total. The monoisotopic (exact) mass is 265 g/mol. The fraction of sp³-hybridized carbons (Fsp3) is 0.429. The minimum Gasteiger partial charge on any atom is -0.353 e. The molecule has 1 unspecified atom stereocenters. The Morgan fingerprint density at radius 1 is 1.37 bits per heavy atom. The van der Waals surface area contributed by atoms with E-state index in [-0.39, 0.29) is 6.29 Å². The van der Waals surface area contributed by atoms with E-state index in [0.29, 0.717) is 25.2 Å². The summed E-state index contributed by atoms with van der Waals surface area (Å²) in [5, 5.41) is 0. The van der Waals surface area contributed by atoms with Crippen LogP contribution >= 0.6 is 0 Å². The molecule has 0 heterocycles. The van der Waals surface area contributed by atoms with Crippen LogP contribution in [0.1, 0.15) is 19.4 Å². The molecule has 0 aliphatic rings. The van der Waals surface area contributed by atoms with E-state index in [1.165, 1.54) is 4.90 Å². The topological polar surface area (TPSA) is 55.8 Å². The lowest BCUT2D eigenvalue weighted by Gasteiger charge is -2.19. The average molecular weight is 265 g/mol. The second kappa shape index (κ2) is 7.66. The van der Waals surface area contributed by atoms with Crippen molar-refractivity contribution in [3.63, 3.8) is 0 Å². The first-order chi connectivity index (χ1) is 9.10. The number of benzene rings is 1. The minimum atomic E-state index is -0.592. The van der Waals surface area contributed by atoms with Crippen LogP contribution in [0.5, 0.6) is 0 Å². The number of rotatable bonds is 7. The number of amides is 1. The van der Waals surface area contributed by atoms with Crippen LogP contribution in [0.15, 0.2) is 24.3 Å². The molecule has 1 aromatic carbocycles. The maximum atomic E-state index is 11.4. The van der Waals surface area contributed by atoms with E-state index in [1.54, 1.807) is 19.2 Å². The number of hydrogen-bond acceptors (Lipinski definition) is 4. The van der Waals surface area contributed by atoms with Gasteiger partial charge in [0.1, 0.15) is 0 Å². The first kappa shape index (κ1) is 15.3. The van der Waals surface area contributed by atoms with Gasteiger partial charge in [0.05, 0.1) is 6.61 Å². The van der Waals surface area contributed by atoms with Gasteiger partial charge in [0.2, 0.25) is 6.29 Å². The largest absolute Gasteiger partial charge is 0.353 e. The van der Waals surface area contributed by atoms with E-state index in [1.807, 2.05) is 26.0 Å². The first-order valence-electron chi connectivity index (χ1n) is 6.14. The van der Waals surface area contributed by atoms with Gasteiger partial charge < -0.3 is 14.4 Å². The zero-order chi connectivity index (χ0) is 14.3. The molecule has 104 valence electrons. The van der Waals surface area contributed by atoms with Crippen molar-refractivity contribution in [3.8, 4) is 0 Å². The Morgan fingerprint density at radius 2 is 2.05 bits per heavy atom. The Bertz CT molecular complexity index is 433. The molecule has 0 saturated heterocycles. The molecule has 1 amide bonds. The standard InChI is InChI=1S/C14H19NO4/c1-4-18-11(2)19-10-12-7-5-6-8-13(12)15(3)14(17)9-16/h5-9,11H,4,10H2,1-3H3. The molecule has 0 aliphatic carbocycles. The number of likely N-dealkylation sites (N-methyl/N-ethyl adjacent to an activating group) is 1. The van der Waals surface area contributed by atoms with Crippen molar-refractivity contribution in [2.45, 2.75) is 26.7 Å². The van der Waals surface area contributed by atoms with E-state index >= 15 is 0 Å². The van der Waals surface area contributed by atoms with Crippen molar-refractivity contribution >= 4 is 17.9 Å². The molecule has 0 aromatic heterocycles. The van der Waals surface area contributed by atoms with Gasteiger partial charge in [0.15, 0.2) is 6.29 Å². The SMILES string of the molecule is CCOC(C)OCc1ccccc1N(C)C(=O)C=O. The van der Waals surface area contributed by atoms with Crippen LogP contribution in [0.3, 0.4) is 0 Å². The summed E-state index contributed by atoms with van der Waals surface area (Å²) in [5.74, 6) is -0.592. The third kappa shape index (κ3) is 4.46. The maximum Gasteiger partial charge on any atom is 0.290 e. The molecule has 0 radical (unpaired) electrons. The fourth-order valence-corrected chi connectivity index (χ4v) is 1.65. The van der Waals surface area contributed by atoms with Gasteiger partial charge >= 0.3 is 0 Å². The fourth-order valence-electron chi connectivity index (χ4n) is 1.65. The quantitative estimate of drug-likeness (QED) is 0.428. The molecular weight excluding hydrogens is 246 g/mol. The highest BCUT2D eigenvalue weighted by atomic mass is 16.7. The molecule has 5 heteroatoms. The maximum absolute atomic E-state index is 11.4. The summed E-state index contributed by atoms with van der Waals surface area (Å²) in [6, 6.07) is 7.28. The van der Waals surface area contributed by atoms with Crippen LogP contribution < -0.4 is 4.90 Å². The third-order valence-corrected chi connectivity index (χ3v) is 2.66. The van der Waals surface area contributed by atoms with E-state index in [4.69, 9.17) is 9.47 Å². The van der Waals surface area contributed by atoms with Crippen molar-refractivity contribution in [1.29, 1.82) is 0 Å². The van der Waals surface area contributed by atoms with Crippen LogP contribution in [0.25, 0.3) is 0 Å². The van der Waals surface area contributed by atoms with Crippen LogP contribution in [-0.4, -0.2) is 32.1 Å². The normalized spacial score (nSPS) is 11.9. The summed E-state index contributed by atoms with van der Waals surface area (Å²) < 4.78 is 10.8. The van der Waals surface area contributed by atoms with Crippen LogP contribution in [0.2, 0.25) is 0 Å². The molecule has 0 N–H and O–H groups in total. The Labute approximate surface area is 113 Å². The lowest BCUT2D eigenvalue weighted by atomic mass is 10.1. The van der Waals surface area contributed by atoms with Gasteiger partial charge in [-0.15, -0.1) is 0 Å². The second-order valence-corrected chi connectivity index (χ2v) is 3.98. The Kier molecular flexibility index (Phi) is 6.18. The summed E-state index contributed by atoms with van der Waals surface area (Å²) in [5.41, 5.74) is 1.48. The summed E-state index contributed by atoms with van der Waals surface area (Å²) in [6.45, 7) is 4.59. The molecule has 1 aromatic rings. The van der Waals surface area contributed by atoms with Gasteiger partial charge in [-0.25, -0.2) is 0 Å². The van der Waals surface area contributed by atoms with Gasteiger partial charge in [-0.3, -0.25) is 9.59 Å². The Balaban J connectivity index is 2.78. The number of hydrogen-bond donors (Lipinski definition) is 0. The number of carbonyl (C=O) groups is 2. The molecule has 0 aliphatic heterocycles. The van der Waals surface area contributed by atoms with E-state index in [9.17, 15) is 9.59 Å². The number of aldehydes is 1. The van der Waals surface area contributed by atoms with Crippen LogP contribution in [0.4, 0.5) is 5.69 Å². The number of nitrogens with zero attached hydrogens (tertiary/aromatic N) is 1. The predicted molar refractivity (Wildman–Crippen MR) is 71.8 cm³/mol. The van der Waals surface area contributed by atoms with Crippen molar-refractivity contribution in [1.82, 2.24) is 0 Å².